The lowest BCUT2D eigenvalue weighted by Gasteiger charge is -2.24. The van der Waals surface area contributed by atoms with Crippen LogP contribution in [-0.4, -0.2) is 28.7 Å². The molecule has 0 aliphatic heterocycles. The van der Waals surface area contributed by atoms with Crippen molar-refractivity contribution in [1.29, 1.82) is 0 Å². The van der Waals surface area contributed by atoms with Gasteiger partial charge in [-0.05, 0) is 66.8 Å². The number of aliphatic imine (C=N–C) groups is 1. The number of amides is 2. The van der Waals surface area contributed by atoms with Crippen LogP contribution in [0.25, 0.3) is 0 Å². The minimum Gasteiger partial charge on any atom is -0.457 e. The predicted octanol–water partition coefficient (Wildman–Crippen LogP) is 5.68. The smallest absolute Gasteiger partial charge is 0.352 e. The van der Waals surface area contributed by atoms with Crippen molar-refractivity contribution < 1.29 is 9.53 Å². The fourth-order valence-electron chi connectivity index (χ4n) is 2.96. The van der Waals surface area contributed by atoms with E-state index in [1.165, 1.54) is 7.05 Å². The Morgan fingerprint density at radius 1 is 0.970 bits per heavy atom. The van der Waals surface area contributed by atoms with Crippen molar-refractivity contribution in [3.05, 3.63) is 83.9 Å². The molecule has 0 spiro atoms. The highest BCUT2D eigenvalue weighted by Crippen LogP contribution is 2.31. The van der Waals surface area contributed by atoms with Crippen LogP contribution >= 0.6 is 23.5 Å². The largest absolute Gasteiger partial charge is 0.457 e. The van der Waals surface area contributed by atoms with Gasteiger partial charge in [0.05, 0.1) is 11.4 Å². The Morgan fingerprint density at radius 2 is 1.64 bits per heavy atom. The van der Waals surface area contributed by atoms with Crippen molar-refractivity contribution in [2.75, 3.05) is 18.3 Å². The van der Waals surface area contributed by atoms with Crippen LogP contribution in [0.2, 0.25) is 0 Å². The molecule has 0 saturated heterocycles. The Balaban J connectivity index is 1.72. The van der Waals surface area contributed by atoms with Gasteiger partial charge in [0.1, 0.15) is 15.9 Å². The zero-order valence-electron chi connectivity index (χ0n) is 18.8. The van der Waals surface area contributed by atoms with Crippen molar-refractivity contribution in [2.24, 2.45) is 16.7 Å². The average molecular weight is 482 g/mol. The number of nitrogens with two attached hydrogens (primary N) is 2. The molecule has 0 heterocycles. The molecule has 0 radical (unpaired) electrons. The number of carbonyl (C=O) groups excluding carboxylic acids is 1. The first-order valence-corrected chi connectivity index (χ1v) is 12.3. The van der Waals surface area contributed by atoms with Gasteiger partial charge in [0.15, 0.2) is 0 Å². The van der Waals surface area contributed by atoms with Crippen LogP contribution in [0, 0.1) is 6.92 Å². The molecule has 3 aromatic rings. The zero-order valence-corrected chi connectivity index (χ0v) is 20.4. The number of aryl methyl sites for hydroxylation is 1. The maximum absolute atomic E-state index is 12.2. The number of thioether (sulfide) groups is 2. The fourth-order valence-corrected chi connectivity index (χ4v) is 4.62. The van der Waals surface area contributed by atoms with E-state index in [2.05, 4.69) is 0 Å². The second-order valence-corrected chi connectivity index (χ2v) is 9.13. The molecule has 0 fully saturated rings. The highest BCUT2D eigenvalue weighted by molar-refractivity contribution is 8.38. The van der Waals surface area contributed by atoms with Crippen LogP contribution in [0.15, 0.2) is 77.8 Å². The lowest BCUT2D eigenvalue weighted by atomic mass is 10.1. The van der Waals surface area contributed by atoms with E-state index in [9.17, 15) is 4.79 Å². The van der Waals surface area contributed by atoms with E-state index in [1.807, 2.05) is 86.0 Å². The molecule has 0 unspecified atom stereocenters. The van der Waals surface area contributed by atoms with Gasteiger partial charge >= 0.3 is 6.03 Å². The van der Waals surface area contributed by atoms with E-state index < -0.39 is 6.03 Å². The number of hydrazine groups is 2. The summed E-state index contributed by atoms with van der Waals surface area (Å²) < 4.78 is 6.73. The number of rotatable bonds is 6. The van der Waals surface area contributed by atoms with Crippen molar-refractivity contribution in [3.63, 3.8) is 0 Å². The van der Waals surface area contributed by atoms with Crippen LogP contribution in [0.5, 0.6) is 11.5 Å². The van der Waals surface area contributed by atoms with Crippen molar-refractivity contribution >= 4 is 45.3 Å². The molecule has 0 aliphatic rings. The number of benzene rings is 3. The van der Waals surface area contributed by atoms with Gasteiger partial charge in [-0.3, -0.25) is 5.01 Å². The molecule has 7 nitrogen and oxygen atoms in total. The monoisotopic (exact) mass is 481 g/mol. The van der Waals surface area contributed by atoms with Crippen LogP contribution in [0.1, 0.15) is 11.1 Å². The van der Waals surface area contributed by atoms with Crippen molar-refractivity contribution in [2.45, 2.75) is 12.7 Å². The second kappa shape index (κ2) is 11.8. The topological polar surface area (TPSA) is 97.2 Å². The summed E-state index contributed by atoms with van der Waals surface area (Å²) >= 11 is 3.15. The Labute approximate surface area is 202 Å². The number of carbonyl (C=O) groups is 1. The van der Waals surface area contributed by atoms with E-state index >= 15 is 0 Å². The van der Waals surface area contributed by atoms with Crippen LogP contribution in [-0.2, 0) is 5.75 Å². The third-order valence-electron chi connectivity index (χ3n) is 4.70. The van der Waals surface area contributed by atoms with Crippen LogP contribution < -0.4 is 21.4 Å². The van der Waals surface area contributed by atoms with Crippen molar-refractivity contribution in [1.82, 2.24) is 5.01 Å². The lowest BCUT2D eigenvalue weighted by molar-refractivity contribution is 0.216. The molecule has 33 heavy (non-hydrogen) atoms. The standard InChI is InChI=1S/C24H27N5O2S2/c1-17-8-7-11-22(29(26)24(30)28(2)25)21(17)16-33-23(32-3)27-18-12-14-20(15-13-18)31-19-9-5-4-6-10-19/h4-15H,16,25-26H2,1-3H3/b27-23-. The first-order chi connectivity index (χ1) is 15.9. The first kappa shape index (κ1) is 24.7. The maximum Gasteiger partial charge on any atom is 0.352 e. The third kappa shape index (κ3) is 6.75. The van der Waals surface area contributed by atoms with Gasteiger partial charge in [-0.15, -0.1) is 11.8 Å². The van der Waals surface area contributed by atoms with Gasteiger partial charge in [0, 0.05) is 12.8 Å². The molecule has 0 atom stereocenters. The predicted molar refractivity (Wildman–Crippen MR) is 140 cm³/mol. The molecular weight excluding hydrogens is 454 g/mol. The summed E-state index contributed by atoms with van der Waals surface area (Å²) in [6.45, 7) is 1.99. The van der Waals surface area contributed by atoms with Gasteiger partial charge in [0.25, 0.3) is 0 Å². The zero-order chi connectivity index (χ0) is 23.8. The van der Waals surface area contributed by atoms with E-state index in [1.54, 1.807) is 23.5 Å². The molecule has 0 saturated carbocycles. The normalized spacial score (nSPS) is 11.2. The fraction of sp³-hybridized carbons (Fsp3) is 0.167. The minimum atomic E-state index is -0.497. The van der Waals surface area contributed by atoms with Gasteiger partial charge in [0.2, 0.25) is 0 Å². The second-order valence-electron chi connectivity index (χ2n) is 7.12. The van der Waals surface area contributed by atoms with Crippen molar-refractivity contribution in [3.8, 4) is 11.5 Å². The third-order valence-corrected chi connectivity index (χ3v) is 6.77. The van der Waals surface area contributed by atoms with Crippen LogP contribution in [0.3, 0.4) is 0 Å². The molecular formula is C24H27N5O2S2. The number of para-hydroxylation sites is 1. The minimum absolute atomic E-state index is 0.497. The molecule has 3 aromatic carbocycles. The maximum atomic E-state index is 12.2. The van der Waals surface area contributed by atoms with Gasteiger partial charge in [-0.2, -0.15) is 0 Å². The molecule has 0 bridgehead atoms. The van der Waals surface area contributed by atoms with Crippen LogP contribution in [0.4, 0.5) is 16.2 Å². The molecule has 3 rings (SSSR count). The number of hydrogen-bond acceptors (Lipinski definition) is 7. The van der Waals surface area contributed by atoms with Gasteiger partial charge < -0.3 is 4.74 Å². The summed E-state index contributed by atoms with van der Waals surface area (Å²) in [5, 5.41) is 2.03. The Bertz CT molecular complexity index is 1110. The van der Waals surface area contributed by atoms with E-state index in [4.69, 9.17) is 21.4 Å². The number of nitrogens with zero attached hydrogens (tertiary/aromatic N) is 3. The molecule has 172 valence electrons. The summed E-state index contributed by atoms with van der Waals surface area (Å²) in [5.74, 6) is 13.8. The van der Waals surface area contributed by atoms with E-state index in [-0.39, 0.29) is 0 Å². The number of ether oxygens (including phenoxy) is 1. The molecule has 9 heteroatoms. The number of anilines is 1. The Kier molecular flexibility index (Phi) is 8.79. The summed E-state index contributed by atoms with van der Waals surface area (Å²) in [4.78, 5) is 17.0. The average Bonchev–Trinajstić information content (AvgIpc) is 2.83. The number of hydrogen-bond donors (Lipinski definition) is 2. The first-order valence-electron chi connectivity index (χ1n) is 10.1. The number of urea groups is 1. The lowest BCUT2D eigenvalue weighted by Crippen LogP contribution is -2.49. The Hall–Kier alpha value is -2.98. The highest BCUT2D eigenvalue weighted by atomic mass is 32.2. The SMILES string of the molecule is CS/C(=N/c1ccc(Oc2ccccc2)cc1)SCc1c(C)cccc1N(N)C(=O)N(C)N. The summed E-state index contributed by atoms with van der Waals surface area (Å²) in [7, 11) is 1.46. The summed E-state index contributed by atoms with van der Waals surface area (Å²) in [5.41, 5.74) is 3.43. The molecule has 4 N–H and O–H groups in total. The molecule has 0 aromatic heterocycles. The summed E-state index contributed by atoms with van der Waals surface area (Å²) in [6.07, 6.45) is 1.99. The van der Waals surface area contributed by atoms with Gasteiger partial charge in [-0.25, -0.2) is 26.5 Å². The quantitative estimate of drug-likeness (QED) is 0.155. The van der Waals surface area contributed by atoms with Gasteiger partial charge in [-0.1, -0.05) is 42.1 Å². The summed E-state index contributed by atoms with van der Waals surface area (Å²) in [6, 6.07) is 22.5. The van der Waals surface area contributed by atoms with E-state index in [0.29, 0.717) is 11.4 Å². The molecule has 0 aliphatic carbocycles. The molecule has 2 amide bonds. The van der Waals surface area contributed by atoms with E-state index in [0.717, 1.165) is 42.7 Å². The Morgan fingerprint density at radius 3 is 2.27 bits per heavy atom. The highest BCUT2D eigenvalue weighted by Gasteiger charge is 2.19.